The fraction of sp³-hybridized carbons (Fsp3) is 0.240. The standard InChI is InChI=1S/C25H26NO2P/c1-25(2,3)24-23(20-13-7-4-8-14-20)29(28-24,26-19-27,21-15-9-5-10-16-21)22-17-11-6-12-18-22/h4-18,23-24H,1-3H3. The Bertz CT molecular complexity index is 999. The van der Waals surface area contributed by atoms with Gasteiger partial charge in [0.25, 0.3) is 0 Å². The topological polar surface area (TPSA) is 38.7 Å². The van der Waals surface area contributed by atoms with Gasteiger partial charge in [0.05, 0.1) is 0 Å². The van der Waals surface area contributed by atoms with Crippen molar-refractivity contribution in [2.24, 2.45) is 10.2 Å². The minimum atomic E-state index is -3.70. The molecule has 0 N–H and O–H groups in total. The molecular formula is C25H26NO2P. The van der Waals surface area contributed by atoms with Gasteiger partial charge in [-0.3, -0.25) is 0 Å². The second-order valence-electron chi connectivity index (χ2n) is 8.67. The summed E-state index contributed by atoms with van der Waals surface area (Å²) in [5, 5.41) is 1.92. The molecule has 1 aliphatic rings. The van der Waals surface area contributed by atoms with Gasteiger partial charge < -0.3 is 0 Å². The van der Waals surface area contributed by atoms with E-state index in [-0.39, 0.29) is 17.2 Å². The summed E-state index contributed by atoms with van der Waals surface area (Å²) in [6.45, 7) is 2.84. The number of hydrogen-bond donors (Lipinski definition) is 0. The molecule has 1 fully saturated rings. The van der Waals surface area contributed by atoms with Crippen LogP contribution in [0.4, 0.5) is 0 Å². The van der Waals surface area contributed by atoms with Crippen LogP contribution in [0.25, 0.3) is 0 Å². The zero-order valence-corrected chi connectivity index (χ0v) is 17.9. The maximum atomic E-state index is 12.0. The van der Waals surface area contributed by atoms with E-state index in [1.807, 2.05) is 84.9 Å². The van der Waals surface area contributed by atoms with E-state index in [4.69, 9.17) is 4.52 Å². The van der Waals surface area contributed by atoms with Gasteiger partial charge in [0.15, 0.2) is 0 Å². The molecule has 0 amide bonds. The number of nitrogens with zero attached hydrogens (tertiary/aromatic N) is 1. The van der Waals surface area contributed by atoms with Gasteiger partial charge in [0.1, 0.15) is 0 Å². The van der Waals surface area contributed by atoms with Crippen LogP contribution in [-0.4, -0.2) is 12.2 Å². The molecule has 2 atom stereocenters. The molecule has 0 bridgehead atoms. The second-order valence-corrected chi connectivity index (χ2v) is 12.8. The van der Waals surface area contributed by atoms with Crippen molar-refractivity contribution in [2.45, 2.75) is 32.5 Å². The third-order valence-corrected chi connectivity index (χ3v) is 11.2. The first-order chi connectivity index (χ1) is 13.9. The van der Waals surface area contributed by atoms with E-state index in [2.05, 4.69) is 37.7 Å². The molecule has 0 saturated carbocycles. The van der Waals surface area contributed by atoms with E-state index in [9.17, 15) is 4.79 Å². The number of benzene rings is 3. The Kier molecular flexibility index (Phi) is 4.79. The van der Waals surface area contributed by atoms with E-state index in [0.717, 1.165) is 16.2 Å². The van der Waals surface area contributed by atoms with Crippen molar-refractivity contribution in [3.8, 4) is 0 Å². The Balaban J connectivity index is 2.12. The molecule has 1 aliphatic heterocycles. The van der Waals surface area contributed by atoms with Crippen LogP contribution in [-0.2, 0) is 9.32 Å². The van der Waals surface area contributed by atoms with Gasteiger partial charge in [-0.25, -0.2) is 0 Å². The van der Waals surface area contributed by atoms with E-state index in [0.29, 0.717) is 0 Å². The number of hydrogen-bond acceptors (Lipinski definition) is 3. The van der Waals surface area contributed by atoms with Crippen LogP contribution in [0.2, 0.25) is 0 Å². The zero-order chi connectivity index (χ0) is 20.6. The average molecular weight is 403 g/mol. The summed E-state index contributed by atoms with van der Waals surface area (Å²) < 4.78 is 11.6. The van der Waals surface area contributed by atoms with Crippen molar-refractivity contribution in [1.29, 1.82) is 0 Å². The van der Waals surface area contributed by atoms with Crippen molar-refractivity contribution in [3.05, 3.63) is 96.6 Å². The molecule has 3 aromatic carbocycles. The van der Waals surface area contributed by atoms with Crippen molar-refractivity contribution >= 4 is 23.7 Å². The summed E-state index contributed by atoms with van der Waals surface area (Å²) in [7, 11) is 0. The molecule has 1 saturated heterocycles. The summed E-state index contributed by atoms with van der Waals surface area (Å²) in [5.41, 5.74) is 0.959. The molecule has 0 aromatic heterocycles. The Morgan fingerprint density at radius 3 is 1.66 bits per heavy atom. The minimum absolute atomic E-state index is 0.0616. The molecule has 3 nitrogen and oxygen atoms in total. The molecule has 29 heavy (non-hydrogen) atoms. The van der Waals surface area contributed by atoms with Crippen LogP contribution in [0.5, 0.6) is 0 Å². The maximum absolute atomic E-state index is 12.0. The fourth-order valence-electron chi connectivity index (χ4n) is 4.58. The fourth-order valence-corrected chi connectivity index (χ4v) is 10.4. The Labute approximate surface area is 172 Å². The van der Waals surface area contributed by atoms with Gasteiger partial charge in [0.2, 0.25) is 0 Å². The van der Waals surface area contributed by atoms with Gasteiger partial charge in [0, 0.05) is 0 Å². The quantitative estimate of drug-likeness (QED) is 0.326. The predicted octanol–water partition coefficient (Wildman–Crippen LogP) is 5.54. The van der Waals surface area contributed by atoms with Gasteiger partial charge in [-0.15, -0.1) is 0 Å². The average Bonchev–Trinajstić information content (AvgIpc) is 2.72. The van der Waals surface area contributed by atoms with E-state index in [1.165, 1.54) is 0 Å². The first kappa shape index (κ1) is 19.7. The Morgan fingerprint density at radius 1 is 0.793 bits per heavy atom. The van der Waals surface area contributed by atoms with Crippen molar-refractivity contribution < 1.29 is 9.32 Å². The zero-order valence-electron chi connectivity index (χ0n) is 17.0. The van der Waals surface area contributed by atoms with Gasteiger partial charge in [-0.1, -0.05) is 0 Å². The van der Waals surface area contributed by atoms with E-state index in [1.54, 1.807) is 0 Å². The van der Waals surface area contributed by atoms with Crippen molar-refractivity contribution in [2.75, 3.05) is 0 Å². The van der Waals surface area contributed by atoms with E-state index >= 15 is 0 Å². The van der Waals surface area contributed by atoms with Crippen LogP contribution >= 0.6 is 6.98 Å². The summed E-state index contributed by atoms with van der Waals surface area (Å²) in [6.07, 6.45) is 1.84. The molecule has 4 heteroatoms. The molecule has 4 rings (SSSR count). The summed E-state index contributed by atoms with van der Waals surface area (Å²) in [6, 6.07) is 30.4. The summed E-state index contributed by atoms with van der Waals surface area (Å²) in [4.78, 5) is 12.0. The third kappa shape index (κ3) is 2.81. The van der Waals surface area contributed by atoms with Gasteiger partial charge in [-0.2, -0.15) is 0 Å². The second kappa shape index (κ2) is 7.04. The SMILES string of the molecule is CC(C)(C)C1OP(N=C=O)(c2ccccc2)(c2ccccc2)C1c1ccccc1. The number of carbonyl (C=O) groups excluding carboxylic acids is 1. The van der Waals surface area contributed by atoms with Crippen LogP contribution in [0.15, 0.2) is 95.8 Å². The normalized spacial score (nSPS) is 23.6. The molecule has 0 aliphatic carbocycles. The first-order valence-corrected chi connectivity index (χ1v) is 12.1. The Morgan fingerprint density at radius 2 is 1.24 bits per heavy atom. The summed E-state index contributed by atoms with van der Waals surface area (Å²) >= 11 is 0. The number of rotatable bonds is 4. The van der Waals surface area contributed by atoms with Crippen molar-refractivity contribution in [1.82, 2.24) is 0 Å². The number of isocyanates is 1. The third-order valence-electron chi connectivity index (χ3n) is 5.87. The van der Waals surface area contributed by atoms with Crippen LogP contribution < -0.4 is 10.6 Å². The van der Waals surface area contributed by atoms with Crippen LogP contribution in [0.1, 0.15) is 32.0 Å². The summed E-state index contributed by atoms with van der Waals surface area (Å²) in [5.74, 6) is 0. The molecular weight excluding hydrogens is 377 g/mol. The molecule has 2 unspecified atom stereocenters. The molecule has 0 spiro atoms. The first-order valence-electron chi connectivity index (χ1n) is 9.89. The molecule has 1 heterocycles. The van der Waals surface area contributed by atoms with Crippen LogP contribution in [0.3, 0.4) is 0 Å². The monoisotopic (exact) mass is 403 g/mol. The Hall–Kier alpha value is -2.57. The molecule has 0 radical (unpaired) electrons. The van der Waals surface area contributed by atoms with Crippen LogP contribution in [0, 0.1) is 5.41 Å². The van der Waals surface area contributed by atoms with Gasteiger partial charge >= 0.3 is 172 Å². The van der Waals surface area contributed by atoms with Gasteiger partial charge in [-0.05, 0) is 0 Å². The predicted molar refractivity (Wildman–Crippen MR) is 121 cm³/mol. The van der Waals surface area contributed by atoms with E-state index < -0.39 is 6.98 Å². The molecule has 148 valence electrons. The van der Waals surface area contributed by atoms with Crippen molar-refractivity contribution in [3.63, 3.8) is 0 Å². The molecule has 3 aromatic rings.